The first-order valence-electron chi connectivity index (χ1n) is 6.58. The summed E-state index contributed by atoms with van der Waals surface area (Å²) in [6.07, 6.45) is 4.00. The van der Waals surface area contributed by atoms with Gasteiger partial charge in [0.05, 0.1) is 18.3 Å². The summed E-state index contributed by atoms with van der Waals surface area (Å²) in [6, 6.07) is 4.36. The zero-order chi connectivity index (χ0) is 12.5. The maximum absolute atomic E-state index is 5.54. The predicted molar refractivity (Wildman–Crippen MR) is 71.1 cm³/mol. The quantitative estimate of drug-likeness (QED) is 0.753. The van der Waals surface area contributed by atoms with Crippen molar-refractivity contribution >= 4 is 0 Å². The van der Waals surface area contributed by atoms with E-state index in [9.17, 15) is 0 Å². The monoisotopic (exact) mass is 236 g/mol. The summed E-state index contributed by atoms with van der Waals surface area (Å²) >= 11 is 0. The standard InChI is InChI=1S/C14H24N2O/c1-4-9-15-13(11-17-6-3)14-12(5-2)8-7-10-16-14/h7-8,10,13,15H,4-6,9,11H2,1-3H3. The van der Waals surface area contributed by atoms with Crippen LogP contribution in [0, 0.1) is 0 Å². The Hall–Kier alpha value is -0.930. The molecule has 1 heterocycles. The average molecular weight is 236 g/mol. The lowest BCUT2D eigenvalue weighted by atomic mass is 10.1. The number of nitrogens with zero attached hydrogens (tertiary/aromatic N) is 1. The van der Waals surface area contributed by atoms with Crippen LogP contribution < -0.4 is 5.32 Å². The lowest BCUT2D eigenvalue weighted by molar-refractivity contribution is 0.121. The second-order valence-electron chi connectivity index (χ2n) is 4.07. The van der Waals surface area contributed by atoms with Gasteiger partial charge in [0.25, 0.3) is 0 Å². The van der Waals surface area contributed by atoms with Crippen molar-refractivity contribution in [2.24, 2.45) is 0 Å². The first-order chi connectivity index (χ1) is 8.33. The highest BCUT2D eigenvalue weighted by atomic mass is 16.5. The Labute approximate surface area is 105 Å². The molecule has 0 amide bonds. The minimum absolute atomic E-state index is 0.214. The fraction of sp³-hybridized carbons (Fsp3) is 0.643. The maximum Gasteiger partial charge on any atom is 0.0735 e. The van der Waals surface area contributed by atoms with Gasteiger partial charge < -0.3 is 10.1 Å². The van der Waals surface area contributed by atoms with E-state index in [2.05, 4.69) is 30.2 Å². The zero-order valence-electron chi connectivity index (χ0n) is 11.2. The molecule has 3 heteroatoms. The van der Waals surface area contributed by atoms with Crippen LogP contribution in [0.25, 0.3) is 0 Å². The van der Waals surface area contributed by atoms with E-state index < -0.39 is 0 Å². The molecule has 0 fully saturated rings. The van der Waals surface area contributed by atoms with E-state index in [-0.39, 0.29) is 6.04 Å². The molecule has 1 aromatic rings. The summed E-state index contributed by atoms with van der Waals surface area (Å²) in [5.41, 5.74) is 2.44. The lowest BCUT2D eigenvalue weighted by Gasteiger charge is -2.20. The first-order valence-corrected chi connectivity index (χ1v) is 6.58. The Kier molecular flexibility index (Phi) is 6.82. The molecule has 1 atom stereocenters. The molecule has 3 nitrogen and oxygen atoms in total. The SMILES string of the molecule is CCCNC(COCC)c1ncccc1CC. The van der Waals surface area contributed by atoms with Crippen LogP contribution in [0.1, 0.15) is 44.5 Å². The van der Waals surface area contributed by atoms with E-state index in [4.69, 9.17) is 4.74 Å². The third kappa shape index (κ3) is 4.44. The van der Waals surface area contributed by atoms with Crippen LogP contribution in [-0.2, 0) is 11.2 Å². The number of aryl methyl sites for hydroxylation is 1. The van der Waals surface area contributed by atoms with Crippen LogP contribution in [0.5, 0.6) is 0 Å². The van der Waals surface area contributed by atoms with E-state index in [1.54, 1.807) is 0 Å². The second kappa shape index (κ2) is 8.20. The molecule has 0 saturated heterocycles. The Bertz CT molecular complexity index is 307. The fourth-order valence-corrected chi connectivity index (χ4v) is 1.85. The van der Waals surface area contributed by atoms with Crippen molar-refractivity contribution in [2.45, 2.75) is 39.7 Å². The first kappa shape index (κ1) is 14.1. The topological polar surface area (TPSA) is 34.1 Å². The van der Waals surface area contributed by atoms with Crippen LogP contribution in [-0.4, -0.2) is 24.7 Å². The summed E-state index contributed by atoms with van der Waals surface area (Å²) in [4.78, 5) is 4.51. The number of hydrogen-bond donors (Lipinski definition) is 1. The number of ether oxygens (including phenoxy) is 1. The smallest absolute Gasteiger partial charge is 0.0735 e. The van der Waals surface area contributed by atoms with Crippen molar-refractivity contribution < 1.29 is 4.74 Å². The van der Waals surface area contributed by atoms with Gasteiger partial charge >= 0.3 is 0 Å². The molecule has 1 rings (SSSR count). The normalized spacial score (nSPS) is 12.6. The van der Waals surface area contributed by atoms with Crippen molar-refractivity contribution in [1.82, 2.24) is 10.3 Å². The molecule has 0 aliphatic carbocycles. The highest BCUT2D eigenvalue weighted by molar-refractivity contribution is 5.23. The summed E-state index contributed by atoms with van der Waals surface area (Å²) < 4.78 is 5.54. The highest BCUT2D eigenvalue weighted by Crippen LogP contribution is 2.16. The third-order valence-corrected chi connectivity index (χ3v) is 2.77. The van der Waals surface area contributed by atoms with Crippen molar-refractivity contribution in [3.05, 3.63) is 29.6 Å². The van der Waals surface area contributed by atoms with Crippen LogP contribution >= 0.6 is 0 Å². The Morgan fingerprint density at radius 1 is 1.35 bits per heavy atom. The van der Waals surface area contributed by atoms with Gasteiger partial charge in [0.15, 0.2) is 0 Å². The minimum Gasteiger partial charge on any atom is -0.380 e. The summed E-state index contributed by atoms with van der Waals surface area (Å²) in [6.45, 7) is 8.80. The summed E-state index contributed by atoms with van der Waals surface area (Å²) in [7, 11) is 0. The Morgan fingerprint density at radius 3 is 2.82 bits per heavy atom. The molecule has 1 unspecified atom stereocenters. The molecule has 0 bridgehead atoms. The van der Waals surface area contributed by atoms with Gasteiger partial charge in [0.2, 0.25) is 0 Å². The fourth-order valence-electron chi connectivity index (χ4n) is 1.85. The van der Waals surface area contributed by atoms with Crippen LogP contribution in [0.15, 0.2) is 18.3 Å². The summed E-state index contributed by atoms with van der Waals surface area (Å²) in [5, 5.41) is 3.51. The maximum atomic E-state index is 5.54. The zero-order valence-corrected chi connectivity index (χ0v) is 11.2. The lowest BCUT2D eigenvalue weighted by Crippen LogP contribution is -2.28. The molecule has 0 aliphatic heterocycles. The highest BCUT2D eigenvalue weighted by Gasteiger charge is 2.15. The van der Waals surface area contributed by atoms with Gasteiger partial charge in [-0.3, -0.25) is 4.98 Å². The number of aromatic nitrogens is 1. The summed E-state index contributed by atoms with van der Waals surface area (Å²) in [5.74, 6) is 0. The van der Waals surface area contributed by atoms with Gasteiger partial charge in [-0.2, -0.15) is 0 Å². The average Bonchev–Trinajstić information content (AvgIpc) is 2.39. The van der Waals surface area contributed by atoms with Crippen molar-refractivity contribution in [2.75, 3.05) is 19.8 Å². The van der Waals surface area contributed by atoms with Gasteiger partial charge in [0.1, 0.15) is 0 Å². The molecular weight excluding hydrogens is 212 g/mol. The number of nitrogens with one attached hydrogen (secondary N) is 1. The van der Waals surface area contributed by atoms with Crippen LogP contribution in [0.3, 0.4) is 0 Å². The van der Waals surface area contributed by atoms with Gasteiger partial charge in [0, 0.05) is 12.8 Å². The van der Waals surface area contributed by atoms with E-state index in [0.717, 1.165) is 31.7 Å². The molecule has 0 aliphatic rings. The Balaban J connectivity index is 2.78. The van der Waals surface area contributed by atoms with Crippen molar-refractivity contribution in [3.8, 4) is 0 Å². The van der Waals surface area contributed by atoms with Crippen LogP contribution in [0.4, 0.5) is 0 Å². The predicted octanol–water partition coefficient (Wildman–Crippen LogP) is 2.72. The van der Waals surface area contributed by atoms with Gasteiger partial charge in [-0.15, -0.1) is 0 Å². The van der Waals surface area contributed by atoms with Gasteiger partial charge in [-0.05, 0) is 37.9 Å². The molecule has 0 saturated carbocycles. The molecule has 0 aromatic carbocycles. The van der Waals surface area contributed by atoms with Crippen molar-refractivity contribution in [1.29, 1.82) is 0 Å². The molecular formula is C14H24N2O. The molecule has 0 radical (unpaired) electrons. The molecule has 96 valence electrons. The third-order valence-electron chi connectivity index (χ3n) is 2.77. The molecule has 1 aromatic heterocycles. The molecule has 0 spiro atoms. The van der Waals surface area contributed by atoms with Crippen LogP contribution in [0.2, 0.25) is 0 Å². The number of rotatable bonds is 8. The molecule has 17 heavy (non-hydrogen) atoms. The Morgan fingerprint density at radius 2 is 2.18 bits per heavy atom. The van der Waals surface area contributed by atoms with Gasteiger partial charge in [-0.1, -0.05) is 19.9 Å². The van der Waals surface area contributed by atoms with Gasteiger partial charge in [-0.25, -0.2) is 0 Å². The number of hydrogen-bond acceptors (Lipinski definition) is 3. The minimum atomic E-state index is 0.214. The van der Waals surface area contributed by atoms with E-state index in [1.807, 2.05) is 19.2 Å². The molecule has 1 N–H and O–H groups in total. The largest absolute Gasteiger partial charge is 0.380 e. The van der Waals surface area contributed by atoms with E-state index in [1.165, 1.54) is 5.56 Å². The number of pyridine rings is 1. The van der Waals surface area contributed by atoms with E-state index in [0.29, 0.717) is 6.61 Å². The van der Waals surface area contributed by atoms with E-state index >= 15 is 0 Å². The second-order valence-corrected chi connectivity index (χ2v) is 4.07. The van der Waals surface area contributed by atoms with Crippen molar-refractivity contribution in [3.63, 3.8) is 0 Å².